The van der Waals surface area contributed by atoms with Crippen LogP contribution in [0, 0.1) is 5.82 Å². The monoisotopic (exact) mass is 354 g/mol. The summed E-state index contributed by atoms with van der Waals surface area (Å²) in [5, 5.41) is 5.22. The Hall–Kier alpha value is -3.15. The molecule has 2 aromatic rings. The number of carbonyl (C=O) groups is 2. The molecule has 2 N–H and O–H groups in total. The molecule has 1 aliphatic rings. The van der Waals surface area contributed by atoms with E-state index in [4.69, 9.17) is 4.74 Å². The van der Waals surface area contributed by atoms with E-state index in [1.807, 2.05) is 30.3 Å². The highest BCUT2D eigenvalue weighted by Crippen LogP contribution is 2.28. The summed E-state index contributed by atoms with van der Waals surface area (Å²) in [4.78, 5) is 24.4. The fraction of sp³-hybridized carbons (Fsp3) is 0.200. The second kappa shape index (κ2) is 7.82. The van der Waals surface area contributed by atoms with Gasteiger partial charge in [-0.15, -0.1) is 0 Å². The van der Waals surface area contributed by atoms with E-state index in [2.05, 4.69) is 10.6 Å². The number of rotatable bonds is 5. The molecule has 0 saturated heterocycles. The topological polar surface area (TPSA) is 67.4 Å². The van der Waals surface area contributed by atoms with Gasteiger partial charge in [-0.3, -0.25) is 0 Å². The number of carbonyl (C=O) groups excluding carboxylic acids is 2. The lowest BCUT2D eigenvalue weighted by Gasteiger charge is -2.28. The van der Waals surface area contributed by atoms with E-state index in [9.17, 15) is 14.0 Å². The van der Waals surface area contributed by atoms with E-state index < -0.39 is 23.9 Å². The third-order valence-corrected chi connectivity index (χ3v) is 4.14. The number of halogens is 1. The number of ether oxygens (including phenoxy) is 1. The number of urea groups is 1. The Morgan fingerprint density at radius 2 is 1.92 bits per heavy atom. The van der Waals surface area contributed by atoms with Gasteiger partial charge in [0.2, 0.25) is 0 Å². The first-order chi connectivity index (χ1) is 12.5. The Kier molecular flexibility index (Phi) is 5.31. The molecule has 1 atom stereocenters. The molecule has 2 aromatic carbocycles. The molecule has 0 spiro atoms. The molecule has 0 aliphatic carbocycles. The van der Waals surface area contributed by atoms with Gasteiger partial charge in [-0.05, 0) is 30.2 Å². The van der Waals surface area contributed by atoms with E-state index in [-0.39, 0.29) is 12.2 Å². The first-order valence-corrected chi connectivity index (χ1v) is 8.29. The largest absolute Gasteiger partial charge is 0.462 e. The van der Waals surface area contributed by atoms with Crippen molar-refractivity contribution in [1.29, 1.82) is 0 Å². The average Bonchev–Trinajstić information content (AvgIpc) is 2.62. The SMILES string of the molecule is CC1=C(C(=O)OCCc2ccccc2)C(c2cccc(F)c2)NC(=O)N1. The maximum absolute atomic E-state index is 13.6. The van der Waals surface area contributed by atoms with Crippen LogP contribution in [0.25, 0.3) is 0 Å². The van der Waals surface area contributed by atoms with Crippen LogP contribution in [0.1, 0.15) is 24.1 Å². The summed E-state index contributed by atoms with van der Waals surface area (Å²) in [6, 6.07) is 14.3. The van der Waals surface area contributed by atoms with Gasteiger partial charge in [-0.2, -0.15) is 0 Å². The smallest absolute Gasteiger partial charge is 0.338 e. The van der Waals surface area contributed by atoms with Crippen molar-refractivity contribution in [3.8, 4) is 0 Å². The molecule has 0 aromatic heterocycles. The summed E-state index contributed by atoms with van der Waals surface area (Å²) >= 11 is 0. The lowest BCUT2D eigenvalue weighted by Crippen LogP contribution is -2.45. The van der Waals surface area contributed by atoms with Gasteiger partial charge in [-0.1, -0.05) is 42.5 Å². The van der Waals surface area contributed by atoms with E-state index in [1.165, 1.54) is 18.2 Å². The third-order valence-electron chi connectivity index (χ3n) is 4.14. The van der Waals surface area contributed by atoms with Gasteiger partial charge >= 0.3 is 12.0 Å². The molecule has 5 nitrogen and oxygen atoms in total. The average molecular weight is 354 g/mol. The van der Waals surface area contributed by atoms with Crippen molar-refractivity contribution in [3.63, 3.8) is 0 Å². The normalized spacial score (nSPS) is 16.7. The molecule has 1 unspecified atom stereocenters. The zero-order chi connectivity index (χ0) is 18.5. The van der Waals surface area contributed by atoms with Crippen molar-refractivity contribution in [1.82, 2.24) is 10.6 Å². The van der Waals surface area contributed by atoms with Crippen molar-refractivity contribution >= 4 is 12.0 Å². The summed E-state index contributed by atoms with van der Waals surface area (Å²) in [6.07, 6.45) is 0.587. The summed E-state index contributed by atoms with van der Waals surface area (Å²) in [6.45, 7) is 1.84. The first-order valence-electron chi connectivity index (χ1n) is 8.29. The molecule has 1 heterocycles. The van der Waals surface area contributed by atoms with E-state index in [0.717, 1.165) is 5.56 Å². The second-order valence-corrected chi connectivity index (χ2v) is 6.00. The van der Waals surface area contributed by atoms with Crippen LogP contribution in [0.4, 0.5) is 9.18 Å². The molecule has 3 rings (SSSR count). The van der Waals surface area contributed by atoms with Crippen LogP contribution < -0.4 is 10.6 Å². The van der Waals surface area contributed by atoms with Crippen LogP contribution in [-0.4, -0.2) is 18.6 Å². The minimum atomic E-state index is -0.760. The number of esters is 1. The van der Waals surface area contributed by atoms with Crippen LogP contribution in [0.3, 0.4) is 0 Å². The predicted octanol–water partition coefficient (Wildman–Crippen LogP) is 3.24. The molecule has 26 heavy (non-hydrogen) atoms. The van der Waals surface area contributed by atoms with E-state index in [0.29, 0.717) is 17.7 Å². The molecule has 134 valence electrons. The van der Waals surface area contributed by atoms with Crippen LogP contribution in [0.15, 0.2) is 65.9 Å². The quantitative estimate of drug-likeness (QED) is 0.810. The summed E-state index contributed by atoms with van der Waals surface area (Å²) < 4.78 is 19.0. The Morgan fingerprint density at radius 1 is 1.15 bits per heavy atom. The van der Waals surface area contributed by atoms with E-state index >= 15 is 0 Å². The Labute approximate surface area is 150 Å². The Morgan fingerprint density at radius 3 is 2.65 bits per heavy atom. The summed E-state index contributed by atoms with van der Waals surface area (Å²) in [5.74, 6) is -0.982. The fourth-order valence-corrected chi connectivity index (χ4v) is 2.88. The maximum Gasteiger partial charge on any atom is 0.338 e. The molecule has 0 fully saturated rings. The minimum absolute atomic E-state index is 0.212. The second-order valence-electron chi connectivity index (χ2n) is 6.00. The first kappa shape index (κ1) is 17.7. The number of nitrogens with one attached hydrogen (secondary N) is 2. The van der Waals surface area contributed by atoms with Gasteiger partial charge in [0.05, 0.1) is 18.2 Å². The molecule has 1 aliphatic heterocycles. The molecule has 0 saturated carbocycles. The van der Waals surface area contributed by atoms with Crippen molar-refractivity contribution in [2.45, 2.75) is 19.4 Å². The van der Waals surface area contributed by atoms with Crippen LogP contribution >= 0.6 is 0 Å². The van der Waals surface area contributed by atoms with E-state index in [1.54, 1.807) is 13.0 Å². The number of amides is 2. The Bertz CT molecular complexity index is 849. The molecular formula is C20H19FN2O3. The van der Waals surface area contributed by atoms with Gasteiger partial charge < -0.3 is 15.4 Å². The summed E-state index contributed by atoms with van der Waals surface area (Å²) in [5.41, 5.74) is 2.20. The summed E-state index contributed by atoms with van der Waals surface area (Å²) in [7, 11) is 0. The lowest BCUT2D eigenvalue weighted by atomic mass is 9.95. The Balaban J connectivity index is 1.76. The van der Waals surface area contributed by atoms with Gasteiger partial charge in [0.25, 0.3) is 0 Å². The predicted molar refractivity (Wildman–Crippen MR) is 94.6 cm³/mol. The van der Waals surface area contributed by atoms with Crippen LogP contribution in [-0.2, 0) is 16.0 Å². The zero-order valence-corrected chi connectivity index (χ0v) is 14.3. The third kappa shape index (κ3) is 4.08. The molecule has 0 bridgehead atoms. The van der Waals surface area contributed by atoms with Crippen molar-refractivity contribution in [2.75, 3.05) is 6.61 Å². The van der Waals surface area contributed by atoms with Gasteiger partial charge in [0.15, 0.2) is 0 Å². The van der Waals surface area contributed by atoms with Crippen LogP contribution in [0.2, 0.25) is 0 Å². The maximum atomic E-state index is 13.6. The van der Waals surface area contributed by atoms with Gasteiger partial charge in [0, 0.05) is 12.1 Å². The molecular weight excluding hydrogens is 335 g/mol. The van der Waals surface area contributed by atoms with Crippen molar-refractivity contribution < 1.29 is 18.7 Å². The fourth-order valence-electron chi connectivity index (χ4n) is 2.88. The van der Waals surface area contributed by atoms with Crippen LogP contribution in [0.5, 0.6) is 0 Å². The van der Waals surface area contributed by atoms with Crippen molar-refractivity contribution in [3.05, 3.63) is 82.8 Å². The highest BCUT2D eigenvalue weighted by atomic mass is 19.1. The molecule has 0 radical (unpaired) electrons. The highest BCUT2D eigenvalue weighted by molar-refractivity contribution is 5.95. The zero-order valence-electron chi connectivity index (χ0n) is 14.3. The van der Waals surface area contributed by atoms with Gasteiger partial charge in [0.1, 0.15) is 5.82 Å². The highest BCUT2D eigenvalue weighted by Gasteiger charge is 2.32. The minimum Gasteiger partial charge on any atom is -0.462 e. The van der Waals surface area contributed by atoms with Crippen molar-refractivity contribution in [2.24, 2.45) is 0 Å². The molecule has 6 heteroatoms. The number of hydrogen-bond donors (Lipinski definition) is 2. The lowest BCUT2D eigenvalue weighted by molar-refractivity contribution is -0.139. The van der Waals surface area contributed by atoms with Gasteiger partial charge in [-0.25, -0.2) is 14.0 Å². The number of benzene rings is 2. The number of hydrogen-bond acceptors (Lipinski definition) is 3. The molecule has 2 amide bonds. The number of allylic oxidation sites excluding steroid dienone is 1. The standard InChI is InChI=1S/C20H19FN2O3/c1-13-17(19(24)26-11-10-14-6-3-2-4-7-14)18(23-20(25)22-13)15-8-5-9-16(21)12-15/h2-9,12,18H,10-11H2,1H3,(H2,22,23,25).